The molecule has 7 nitrogen and oxygen atoms in total. The van der Waals surface area contributed by atoms with Crippen LogP contribution in [0.5, 0.6) is 11.5 Å². The Morgan fingerprint density at radius 2 is 1.85 bits per heavy atom. The Kier molecular flexibility index (Phi) is 7.60. The zero-order valence-electron chi connectivity index (χ0n) is 15.4. The number of esters is 1. The number of amides is 1. The van der Waals surface area contributed by atoms with Crippen LogP contribution in [-0.2, 0) is 16.1 Å². The summed E-state index contributed by atoms with van der Waals surface area (Å²) >= 11 is 3.24. The third-order valence-electron chi connectivity index (χ3n) is 3.82. The Hall–Kier alpha value is -2.61. The summed E-state index contributed by atoms with van der Waals surface area (Å²) in [7, 11) is 3.12. The Labute approximate surface area is 166 Å². The van der Waals surface area contributed by atoms with E-state index in [2.05, 4.69) is 20.9 Å². The number of halogens is 1. The SMILES string of the molecule is CCN(Cc1ccc(OC)c(OC)c1)C(=O)COC(=O)c1cncc(Br)c1. The lowest BCUT2D eigenvalue weighted by Gasteiger charge is -2.21. The average molecular weight is 437 g/mol. The van der Waals surface area contributed by atoms with Crippen molar-refractivity contribution in [3.05, 3.63) is 52.3 Å². The molecule has 0 radical (unpaired) electrons. The van der Waals surface area contributed by atoms with Crippen molar-refractivity contribution in [3.8, 4) is 11.5 Å². The van der Waals surface area contributed by atoms with Crippen LogP contribution >= 0.6 is 15.9 Å². The molecule has 0 aliphatic rings. The van der Waals surface area contributed by atoms with Crippen LogP contribution in [0.25, 0.3) is 0 Å². The Bertz CT molecular complexity index is 812. The number of hydrogen-bond donors (Lipinski definition) is 0. The van der Waals surface area contributed by atoms with Gasteiger partial charge in [0.2, 0.25) is 0 Å². The second-order valence-electron chi connectivity index (χ2n) is 5.57. The monoisotopic (exact) mass is 436 g/mol. The van der Waals surface area contributed by atoms with Gasteiger partial charge in [0.15, 0.2) is 18.1 Å². The molecule has 0 saturated carbocycles. The molecule has 27 heavy (non-hydrogen) atoms. The number of aromatic nitrogens is 1. The van der Waals surface area contributed by atoms with Gasteiger partial charge in [-0.15, -0.1) is 0 Å². The Morgan fingerprint density at radius 1 is 1.11 bits per heavy atom. The first-order valence-corrected chi connectivity index (χ1v) is 9.04. The summed E-state index contributed by atoms with van der Waals surface area (Å²) in [6.07, 6.45) is 2.95. The van der Waals surface area contributed by atoms with Gasteiger partial charge in [0, 0.05) is 30.0 Å². The molecule has 2 rings (SSSR count). The zero-order valence-corrected chi connectivity index (χ0v) is 17.0. The number of pyridine rings is 1. The van der Waals surface area contributed by atoms with Gasteiger partial charge in [0.05, 0.1) is 19.8 Å². The standard InChI is InChI=1S/C19H21BrN2O5/c1-4-22(11-13-5-6-16(25-2)17(7-13)26-3)18(23)12-27-19(24)14-8-15(20)10-21-9-14/h5-10H,4,11-12H2,1-3H3. The number of rotatable bonds is 8. The molecular formula is C19H21BrN2O5. The predicted octanol–water partition coefficient (Wildman–Crippen LogP) is 3.07. The van der Waals surface area contributed by atoms with Crippen LogP contribution in [0.1, 0.15) is 22.8 Å². The number of ether oxygens (including phenoxy) is 3. The van der Waals surface area contributed by atoms with Crippen molar-refractivity contribution in [2.24, 2.45) is 0 Å². The zero-order chi connectivity index (χ0) is 19.8. The number of nitrogens with zero attached hydrogens (tertiary/aromatic N) is 2. The average Bonchev–Trinajstić information content (AvgIpc) is 2.69. The second kappa shape index (κ2) is 9.91. The predicted molar refractivity (Wildman–Crippen MR) is 103 cm³/mol. The van der Waals surface area contributed by atoms with Gasteiger partial charge in [-0.05, 0) is 46.6 Å². The summed E-state index contributed by atoms with van der Waals surface area (Å²) in [6.45, 7) is 2.36. The van der Waals surface area contributed by atoms with Crippen LogP contribution in [0, 0.1) is 0 Å². The van der Waals surface area contributed by atoms with Crippen LogP contribution in [-0.4, -0.2) is 49.1 Å². The number of methoxy groups -OCH3 is 2. The fourth-order valence-electron chi connectivity index (χ4n) is 2.40. The molecule has 0 unspecified atom stereocenters. The molecule has 8 heteroatoms. The van der Waals surface area contributed by atoms with E-state index in [-0.39, 0.29) is 18.1 Å². The minimum absolute atomic E-state index is 0.278. The van der Waals surface area contributed by atoms with Crippen LogP contribution < -0.4 is 9.47 Å². The molecule has 1 aromatic carbocycles. The molecule has 1 amide bonds. The topological polar surface area (TPSA) is 78.0 Å². The molecule has 1 heterocycles. The number of hydrogen-bond acceptors (Lipinski definition) is 6. The highest BCUT2D eigenvalue weighted by molar-refractivity contribution is 9.10. The fourth-order valence-corrected chi connectivity index (χ4v) is 2.77. The molecule has 144 valence electrons. The van der Waals surface area contributed by atoms with Gasteiger partial charge >= 0.3 is 5.97 Å². The normalized spacial score (nSPS) is 10.2. The maximum Gasteiger partial charge on any atom is 0.340 e. The minimum atomic E-state index is -0.598. The fraction of sp³-hybridized carbons (Fsp3) is 0.316. The van der Waals surface area contributed by atoms with Crippen molar-refractivity contribution in [1.29, 1.82) is 0 Å². The van der Waals surface area contributed by atoms with E-state index in [1.807, 2.05) is 19.1 Å². The van der Waals surface area contributed by atoms with Crippen molar-refractivity contribution in [3.63, 3.8) is 0 Å². The molecule has 0 fully saturated rings. The van der Waals surface area contributed by atoms with Gasteiger partial charge < -0.3 is 19.1 Å². The van der Waals surface area contributed by atoms with Gasteiger partial charge in [0.1, 0.15) is 0 Å². The smallest absolute Gasteiger partial charge is 0.340 e. The summed E-state index contributed by atoms with van der Waals surface area (Å²) in [5.41, 5.74) is 1.16. The lowest BCUT2D eigenvalue weighted by Crippen LogP contribution is -2.34. The van der Waals surface area contributed by atoms with Gasteiger partial charge in [-0.2, -0.15) is 0 Å². The van der Waals surface area contributed by atoms with E-state index < -0.39 is 5.97 Å². The van der Waals surface area contributed by atoms with Gasteiger partial charge in [-0.3, -0.25) is 9.78 Å². The van der Waals surface area contributed by atoms with Crippen molar-refractivity contribution in [1.82, 2.24) is 9.88 Å². The first-order valence-electron chi connectivity index (χ1n) is 8.24. The molecule has 0 aliphatic carbocycles. The number of carbonyl (C=O) groups is 2. The lowest BCUT2D eigenvalue weighted by molar-refractivity contribution is -0.134. The minimum Gasteiger partial charge on any atom is -0.493 e. The van der Waals surface area contributed by atoms with E-state index in [1.165, 1.54) is 6.20 Å². The summed E-state index contributed by atoms with van der Waals surface area (Å²) < 4.78 is 16.3. The van der Waals surface area contributed by atoms with Crippen LogP contribution in [0.15, 0.2) is 41.1 Å². The maximum atomic E-state index is 12.4. The highest BCUT2D eigenvalue weighted by Crippen LogP contribution is 2.28. The third-order valence-corrected chi connectivity index (χ3v) is 4.26. The van der Waals surface area contributed by atoms with Crippen LogP contribution in [0.3, 0.4) is 0 Å². The van der Waals surface area contributed by atoms with Crippen molar-refractivity contribution in [2.45, 2.75) is 13.5 Å². The second-order valence-corrected chi connectivity index (χ2v) is 6.48. The summed E-state index contributed by atoms with van der Waals surface area (Å²) in [6, 6.07) is 7.04. The van der Waals surface area contributed by atoms with E-state index in [0.717, 1.165) is 5.56 Å². The first-order chi connectivity index (χ1) is 13.0. The van der Waals surface area contributed by atoms with E-state index in [0.29, 0.717) is 29.1 Å². The number of benzene rings is 1. The van der Waals surface area contributed by atoms with E-state index in [4.69, 9.17) is 14.2 Å². The molecule has 0 saturated heterocycles. The molecular weight excluding hydrogens is 416 g/mol. The summed E-state index contributed by atoms with van der Waals surface area (Å²) in [4.78, 5) is 30.0. The van der Waals surface area contributed by atoms with Crippen molar-refractivity contribution in [2.75, 3.05) is 27.4 Å². The van der Waals surface area contributed by atoms with Gasteiger partial charge in [-0.25, -0.2) is 4.79 Å². The molecule has 0 spiro atoms. The first kappa shape index (κ1) is 20.7. The van der Waals surface area contributed by atoms with E-state index in [1.54, 1.807) is 37.4 Å². The van der Waals surface area contributed by atoms with Crippen molar-refractivity contribution < 1.29 is 23.8 Å². The Morgan fingerprint density at radius 3 is 2.48 bits per heavy atom. The molecule has 0 bridgehead atoms. The largest absolute Gasteiger partial charge is 0.493 e. The number of likely N-dealkylation sites (N-methyl/N-ethyl adjacent to an activating group) is 1. The quantitative estimate of drug-likeness (QED) is 0.591. The third kappa shape index (κ3) is 5.68. The molecule has 0 atom stereocenters. The van der Waals surface area contributed by atoms with E-state index >= 15 is 0 Å². The van der Waals surface area contributed by atoms with Crippen LogP contribution in [0.2, 0.25) is 0 Å². The summed E-state index contributed by atoms with van der Waals surface area (Å²) in [5, 5.41) is 0. The van der Waals surface area contributed by atoms with E-state index in [9.17, 15) is 9.59 Å². The molecule has 2 aromatic rings. The van der Waals surface area contributed by atoms with Crippen LogP contribution in [0.4, 0.5) is 0 Å². The molecule has 0 aliphatic heterocycles. The lowest BCUT2D eigenvalue weighted by atomic mass is 10.2. The maximum absolute atomic E-state index is 12.4. The summed E-state index contributed by atoms with van der Waals surface area (Å²) in [5.74, 6) is 0.321. The highest BCUT2D eigenvalue weighted by Gasteiger charge is 2.17. The molecule has 1 aromatic heterocycles. The van der Waals surface area contributed by atoms with Gasteiger partial charge in [-0.1, -0.05) is 6.07 Å². The van der Waals surface area contributed by atoms with Crippen molar-refractivity contribution >= 4 is 27.8 Å². The van der Waals surface area contributed by atoms with Gasteiger partial charge in [0.25, 0.3) is 5.91 Å². The molecule has 0 N–H and O–H groups in total. The highest BCUT2D eigenvalue weighted by atomic mass is 79.9. The number of carbonyl (C=O) groups excluding carboxylic acids is 2. The Balaban J connectivity index is 1.98.